The van der Waals surface area contributed by atoms with E-state index in [9.17, 15) is 14.4 Å². The Kier molecular flexibility index (Phi) is 8.62. The molecule has 0 heterocycles. The van der Waals surface area contributed by atoms with Crippen LogP contribution in [0, 0.1) is 13.8 Å². The normalized spacial score (nSPS) is 11.3. The predicted molar refractivity (Wildman–Crippen MR) is 133 cm³/mol. The van der Waals surface area contributed by atoms with Gasteiger partial charge in [-0.2, -0.15) is 0 Å². The zero-order valence-electron chi connectivity index (χ0n) is 20.3. The van der Waals surface area contributed by atoms with E-state index >= 15 is 0 Å². The molecule has 0 aromatic heterocycles. The fourth-order valence-electron chi connectivity index (χ4n) is 3.26. The Bertz CT molecular complexity index is 1190. The van der Waals surface area contributed by atoms with E-state index in [0.29, 0.717) is 22.7 Å². The summed E-state index contributed by atoms with van der Waals surface area (Å²) in [6.07, 6.45) is -1.16. The number of esters is 1. The average molecular weight is 476 g/mol. The Labute approximate surface area is 205 Å². The minimum Gasteiger partial charge on any atom is -0.497 e. The van der Waals surface area contributed by atoms with E-state index in [-0.39, 0.29) is 24.5 Å². The number of aryl methyl sites for hydroxylation is 2. The van der Waals surface area contributed by atoms with Gasteiger partial charge in [-0.1, -0.05) is 6.07 Å². The summed E-state index contributed by atoms with van der Waals surface area (Å²) in [4.78, 5) is 36.8. The van der Waals surface area contributed by atoms with Gasteiger partial charge in [-0.25, -0.2) is 0 Å². The summed E-state index contributed by atoms with van der Waals surface area (Å²) in [5.74, 6) is 0.730. The molecule has 1 unspecified atom stereocenters. The lowest BCUT2D eigenvalue weighted by Gasteiger charge is -2.13. The van der Waals surface area contributed by atoms with Gasteiger partial charge in [0, 0.05) is 17.7 Å². The summed E-state index contributed by atoms with van der Waals surface area (Å²) >= 11 is 0. The maximum atomic E-state index is 12.4. The second kappa shape index (κ2) is 11.8. The van der Waals surface area contributed by atoms with E-state index in [1.54, 1.807) is 48.5 Å². The number of carbonyl (C=O) groups is 3. The molecule has 7 heteroatoms. The lowest BCUT2D eigenvalue weighted by molar-refractivity contribution is -0.147. The molecule has 0 saturated heterocycles. The zero-order valence-corrected chi connectivity index (χ0v) is 20.3. The second-order valence-corrected chi connectivity index (χ2v) is 8.15. The molecule has 182 valence electrons. The number of carbonyl (C=O) groups excluding carboxylic acids is 3. The number of Topliss-reactive ketones (excluding diaryl/α,β-unsaturated/α-hetero) is 1. The molecule has 0 saturated carbocycles. The number of hydrogen-bond donors (Lipinski definition) is 1. The van der Waals surface area contributed by atoms with E-state index in [1.165, 1.54) is 19.6 Å². The molecule has 0 bridgehead atoms. The molecule has 1 atom stereocenters. The second-order valence-electron chi connectivity index (χ2n) is 8.15. The first-order chi connectivity index (χ1) is 16.7. The van der Waals surface area contributed by atoms with Crippen LogP contribution in [0.2, 0.25) is 0 Å². The van der Waals surface area contributed by atoms with E-state index in [4.69, 9.17) is 14.2 Å². The van der Waals surface area contributed by atoms with Gasteiger partial charge in [0.15, 0.2) is 6.10 Å². The van der Waals surface area contributed by atoms with E-state index in [0.717, 1.165) is 11.3 Å². The number of amides is 1. The van der Waals surface area contributed by atoms with Crippen molar-refractivity contribution < 1.29 is 28.6 Å². The molecule has 1 N–H and O–H groups in total. The molecule has 0 aliphatic heterocycles. The molecule has 0 radical (unpaired) electrons. The van der Waals surface area contributed by atoms with Crippen molar-refractivity contribution in [1.29, 1.82) is 0 Å². The van der Waals surface area contributed by atoms with Crippen molar-refractivity contribution in [3.05, 3.63) is 83.4 Å². The third kappa shape index (κ3) is 7.43. The Morgan fingerprint density at radius 1 is 0.800 bits per heavy atom. The number of rotatable bonds is 10. The average Bonchev–Trinajstić information content (AvgIpc) is 2.86. The number of nitrogens with one attached hydrogen (secondary N) is 1. The molecule has 3 aromatic carbocycles. The van der Waals surface area contributed by atoms with Gasteiger partial charge in [0.1, 0.15) is 17.2 Å². The molecule has 0 aliphatic carbocycles. The number of methoxy groups -OCH3 is 1. The fourth-order valence-corrected chi connectivity index (χ4v) is 3.26. The summed E-state index contributed by atoms with van der Waals surface area (Å²) in [6, 6.07) is 19.4. The van der Waals surface area contributed by atoms with Gasteiger partial charge in [0.05, 0.1) is 13.5 Å². The highest BCUT2D eigenvalue weighted by Crippen LogP contribution is 2.25. The summed E-state index contributed by atoms with van der Waals surface area (Å²) in [7, 11) is 1.54. The third-order valence-electron chi connectivity index (χ3n) is 5.46. The van der Waals surface area contributed by atoms with Gasteiger partial charge in [0.2, 0.25) is 11.7 Å². The summed E-state index contributed by atoms with van der Waals surface area (Å²) < 4.78 is 16.1. The van der Waals surface area contributed by atoms with Gasteiger partial charge in [-0.05, 0) is 92.6 Å². The van der Waals surface area contributed by atoms with E-state index in [2.05, 4.69) is 5.32 Å². The molecule has 0 fully saturated rings. The summed E-state index contributed by atoms with van der Waals surface area (Å²) in [6.45, 7) is 5.57. The smallest absolute Gasteiger partial charge is 0.307 e. The topological polar surface area (TPSA) is 90.9 Å². The van der Waals surface area contributed by atoms with Crippen LogP contribution >= 0.6 is 0 Å². The van der Waals surface area contributed by atoms with Crippen LogP contribution in [0.1, 0.15) is 41.3 Å². The fraction of sp³-hybridized carbons (Fsp3) is 0.250. The van der Waals surface area contributed by atoms with Gasteiger partial charge in [0.25, 0.3) is 0 Å². The van der Waals surface area contributed by atoms with E-state index < -0.39 is 12.1 Å². The first kappa shape index (κ1) is 25.5. The van der Waals surface area contributed by atoms with Crippen LogP contribution in [0.5, 0.6) is 17.2 Å². The van der Waals surface area contributed by atoms with Crippen molar-refractivity contribution in [2.24, 2.45) is 0 Å². The molecular weight excluding hydrogens is 446 g/mol. The van der Waals surface area contributed by atoms with Gasteiger partial charge in [-0.15, -0.1) is 0 Å². The molecular formula is C28H29NO6. The number of ketones is 1. The SMILES string of the molecule is COc1ccc(C(=O)C(C)OC(=O)CCC(=O)Nc2ccc(Oc3ccc(C)c(C)c3)cc2)cc1. The standard InChI is InChI=1S/C28H29NO6/c1-18-5-10-25(17-19(18)2)35-24-13-8-22(9-14-24)29-26(30)15-16-27(31)34-20(3)28(32)21-6-11-23(33-4)12-7-21/h5-14,17,20H,15-16H2,1-4H3,(H,29,30). The van der Waals surface area contributed by atoms with Crippen molar-refractivity contribution >= 4 is 23.3 Å². The molecule has 0 spiro atoms. The highest BCUT2D eigenvalue weighted by atomic mass is 16.5. The highest BCUT2D eigenvalue weighted by molar-refractivity contribution is 6.00. The lowest BCUT2D eigenvalue weighted by atomic mass is 10.1. The number of hydrogen-bond acceptors (Lipinski definition) is 6. The minimum atomic E-state index is -0.955. The van der Waals surface area contributed by atoms with Crippen LogP contribution in [-0.2, 0) is 14.3 Å². The number of benzene rings is 3. The molecule has 3 aromatic rings. The number of ether oxygens (including phenoxy) is 3. The molecule has 7 nitrogen and oxygen atoms in total. The quantitative estimate of drug-likeness (QED) is 0.302. The molecule has 35 heavy (non-hydrogen) atoms. The maximum absolute atomic E-state index is 12.4. The van der Waals surface area contributed by atoms with Crippen LogP contribution < -0.4 is 14.8 Å². The molecule has 1 amide bonds. The zero-order chi connectivity index (χ0) is 25.4. The van der Waals surface area contributed by atoms with Crippen molar-refractivity contribution in [2.75, 3.05) is 12.4 Å². The Hall–Kier alpha value is -4.13. The monoisotopic (exact) mass is 475 g/mol. The minimum absolute atomic E-state index is 0.0663. The first-order valence-electron chi connectivity index (χ1n) is 11.3. The Morgan fingerprint density at radius 2 is 1.43 bits per heavy atom. The lowest BCUT2D eigenvalue weighted by Crippen LogP contribution is -2.25. The van der Waals surface area contributed by atoms with Crippen molar-refractivity contribution in [3.63, 3.8) is 0 Å². The Morgan fingerprint density at radius 3 is 2.06 bits per heavy atom. The van der Waals surface area contributed by atoms with E-state index in [1.807, 2.05) is 32.0 Å². The van der Waals surface area contributed by atoms with Gasteiger partial charge >= 0.3 is 5.97 Å². The van der Waals surface area contributed by atoms with Gasteiger partial charge in [-0.3, -0.25) is 14.4 Å². The van der Waals surface area contributed by atoms with Gasteiger partial charge < -0.3 is 19.5 Å². The first-order valence-corrected chi connectivity index (χ1v) is 11.3. The predicted octanol–water partition coefficient (Wildman–Crippen LogP) is 5.64. The molecule has 3 rings (SSSR count). The van der Waals surface area contributed by atoms with Crippen LogP contribution in [-0.4, -0.2) is 30.9 Å². The number of anilines is 1. The highest BCUT2D eigenvalue weighted by Gasteiger charge is 2.20. The van der Waals surface area contributed by atoms with Crippen molar-refractivity contribution in [2.45, 2.75) is 39.7 Å². The van der Waals surface area contributed by atoms with Crippen LogP contribution in [0.15, 0.2) is 66.7 Å². The largest absolute Gasteiger partial charge is 0.497 e. The Balaban J connectivity index is 1.43. The van der Waals surface area contributed by atoms with Crippen molar-refractivity contribution in [1.82, 2.24) is 0 Å². The van der Waals surface area contributed by atoms with Crippen LogP contribution in [0.25, 0.3) is 0 Å². The summed E-state index contributed by atoms with van der Waals surface area (Å²) in [5.41, 5.74) is 3.33. The third-order valence-corrected chi connectivity index (χ3v) is 5.46. The summed E-state index contributed by atoms with van der Waals surface area (Å²) in [5, 5.41) is 2.74. The van der Waals surface area contributed by atoms with Crippen LogP contribution in [0.4, 0.5) is 5.69 Å². The van der Waals surface area contributed by atoms with Crippen LogP contribution in [0.3, 0.4) is 0 Å². The molecule has 0 aliphatic rings. The van der Waals surface area contributed by atoms with Crippen molar-refractivity contribution in [3.8, 4) is 17.2 Å². The maximum Gasteiger partial charge on any atom is 0.307 e.